The van der Waals surface area contributed by atoms with Gasteiger partial charge in [-0.05, 0) is 39.3 Å². The van der Waals surface area contributed by atoms with E-state index in [9.17, 15) is 0 Å². The Kier molecular flexibility index (Phi) is 5.97. The highest BCUT2D eigenvalue weighted by atomic mass is 16.5. The van der Waals surface area contributed by atoms with E-state index in [-0.39, 0.29) is 0 Å². The van der Waals surface area contributed by atoms with Crippen LogP contribution in [0.15, 0.2) is 18.5 Å². The maximum atomic E-state index is 9.00. The van der Waals surface area contributed by atoms with Crippen LogP contribution in [0.25, 0.3) is 0 Å². The number of aromatic nitrogens is 1. The van der Waals surface area contributed by atoms with Gasteiger partial charge in [0.1, 0.15) is 6.07 Å². The number of hydrogen-bond acceptors (Lipinski definition) is 5. The van der Waals surface area contributed by atoms with Crippen LogP contribution in [0.4, 0.5) is 5.69 Å². The van der Waals surface area contributed by atoms with Gasteiger partial charge in [0.05, 0.1) is 29.7 Å². The van der Waals surface area contributed by atoms with Gasteiger partial charge >= 0.3 is 0 Å². The average Bonchev–Trinajstić information content (AvgIpc) is 2.46. The monoisotopic (exact) mass is 288 g/mol. The zero-order chi connectivity index (χ0) is 15.1. The van der Waals surface area contributed by atoms with Crippen molar-refractivity contribution in [3.8, 4) is 6.07 Å². The fraction of sp³-hybridized carbons (Fsp3) is 0.625. The molecule has 114 valence electrons. The molecule has 2 unspecified atom stereocenters. The smallest absolute Gasteiger partial charge is 0.101 e. The van der Waals surface area contributed by atoms with Gasteiger partial charge in [0.15, 0.2) is 0 Å². The van der Waals surface area contributed by atoms with Crippen LogP contribution >= 0.6 is 0 Å². The zero-order valence-corrected chi connectivity index (χ0v) is 12.9. The van der Waals surface area contributed by atoms with Crippen molar-refractivity contribution in [2.75, 3.05) is 31.5 Å². The first-order valence-corrected chi connectivity index (χ1v) is 7.65. The number of nitriles is 1. The fourth-order valence-electron chi connectivity index (χ4n) is 2.78. The quantitative estimate of drug-likeness (QED) is 0.814. The maximum absolute atomic E-state index is 9.00. The van der Waals surface area contributed by atoms with Gasteiger partial charge in [-0.3, -0.25) is 9.88 Å². The molecule has 1 aliphatic heterocycles. The highest BCUT2D eigenvalue weighted by Crippen LogP contribution is 2.13. The molecule has 0 radical (unpaired) electrons. The largest absolute Gasteiger partial charge is 0.383 e. The summed E-state index contributed by atoms with van der Waals surface area (Å²) in [5.41, 5.74) is 1.48. The summed E-state index contributed by atoms with van der Waals surface area (Å²) in [6.45, 7) is 8.30. The summed E-state index contributed by atoms with van der Waals surface area (Å²) in [7, 11) is 0. The predicted octanol–water partition coefficient (Wildman–Crippen LogP) is 2.25. The Morgan fingerprint density at radius 1 is 1.38 bits per heavy atom. The molecule has 2 heterocycles. The Balaban J connectivity index is 1.65. The third-order valence-electron chi connectivity index (χ3n) is 3.65. The number of pyridine rings is 1. The molecule has 1 aliphatic rings. The predicted molar refractivity (Wildman–Crippen MR) is 83.1 cm³/mol. The summed E-state index contributed by atoms with van der Waals surface area (Å²) in [5.74, 6) is 0. The van der Waals surface area contributed by atoms with E-state index in [0.717, 1.165) is 44.7 Å². The molecule has 5 heteroatoms. The number of nitrogens with zero attached hydrogens (tertiary/aromatic N) is 3. The van der Waals surface area contributed by atoms with Gasteiger partial charge in [-0.2, -0.15) is 5.26 Å². The number of hydrogen-bond donors (Lipinski definition) is 1. The van der Waals surface area contributed by atoms with Crippen LogP contribution in [0.3, 0.4) is 0 Å². The normalized spacial score (nSPS) is 22.7. The van der Waals surface area contributed by atoms with Crippen LogP contribution < -0.4 is 5.32 Å². The van der Waals surface area contributed by atoms with Crippen LogP contribution in [0.2, 0.25) is 0 Å². The molecule has 5 nitrogen and oxygen atoms in total. The summed E-state index contributed by atoms with van der Waals surface area (Å²) >= 11 is 0. The maximum Gasteiger partial charge on any atom is 0.101 e. The van der Waals surface area contributed by atoms with E-state index in [1.54, 1.807) is 18.5 Å². The molecule has 0 saturated carbocycles. The fourth-order valence-corrected chi connectivity index (χ4v) is 2.78. The molecule has 0 aliphatic carbocycles. The van der Waals surface area contributed by atoms with E-state index in [1.165, 1.54) is 0 Å². The van der Waals surface area contributed by atoms with Crippen molar-refractivity contribution in [3.63, 3.8) is 0 Å². The number of ether oxygens (including phenoxy) is 1. The van der Waals surface area contributed by atoms with E-state index < -0.39 is 0 Å². The van der Waals surface area contributed by atoms with Gasteiger partial charge in [-0.25, -0.2) is 0 Å². The molecular formula is C16H24N4O. The summed E-state index contributed by atoms with van der Waals surface area (Å²) in [6.07, 6.45) is 6.25. The second-order valence-electron chi connectivity index (χ2n) is 5.68. The van der Waals surface area contributed by atoms with Gasteiger partial charge in [0.25, 0.3) is 0 Å². The van der Waals surface area contributed by atoms with Crippen molar-refractivity contribution in [1.82, 2.24) is 9.88 Å². The summed E-state index contributed by atoms with van der Waals surface area (Å²) in [5, 5.41) is 12.3. The molecule has 0 amide bonds. The third-order valence-corrected chi connectivity index (χ3v) is 3.65. The Morgan fingerprint density at radius 3 is 2.86 bits per heavy atom. The molecule has 2 rings (SSSR count). The van der Waals surface area contributed by atoms with Crippen molar-refractivity contribution in [1.29, 1.82) is 5.26 Å². The lowest BCUT2D eigenvalue weighted by molar-refractivity contribution is -0.0681. The standard InChI is InChI=1S/C16H24N4O/c1-13-11-20(12-14(2)21-13)8-4-3-6-19-16-10-18-7-5-15(16)9-17/h5,7,10,13-14,19H,3-4,6,8,11-12H2,1-2H3. The Hall–Kier alpha value is -1.64. The van der Waals surface area contributed by atoms with Crippen LogP contribution in [0.1, 0.15) is 32.3 Å². The Labute approximate surface area is 126 Å². The molecule has 0 bridgehead atoms. The minimum atomic E-state index is 0.334. The van der Waals surface area contributed by atoms with Crippen LogP contribution in [-0.2, 0) is 4.74 Å². The highest BCUT2D eigenvalue weighted by molar-refractivity contribution is 5.55. The lowest BCUT2D eigenvalue weighted by Crippen LogP contribution is -2.45. The number of morpholine rings is 1. The first kappa shape index (κ1) is 15.7. The lowest BCUT2D eigenvalue weighted by atomic mass is 10.2. The molecule has 1 saturated heterocycles. The minimum absolute atomic E-state index is 0.334. The van der Waals surface area contributed by atoms with E-state index in [0.29, 0.717) is 17.8 Å². The topological polar surface area (TPSA) is 61.2 Å². The summed E-state index contributed by atoms with van der Waals surface area (Å²) < 4.78 is 5.74. The molecule has 0 aromatic carbocycles. The number of anilines is 1. The summed E-state index contributed by atoms with van der Waals surface area (Å²) in [4.78, 5) is 6.52. The van der Waals surface area contributed by atoms with Crippen molar-refractivity contribution >= 4 is 5.69 Å². The van der Waals surface area contributed by atoms with Crippen LogP contribution in [0, 0.1) is 11.3 Å². The van der Waals surface area contributed by atoms with Crippen LogP contribution in [0.5, 0.6) is 0 Å². The van der Waals surface area contributed by atoms with Crippen LogP contribution in [-0.4, -0.2) is 48.3 Å². The van der Waals surface area contributed by atoms with Crippen molar-refractivity contribution in [3.05, 3.63) is 24.0 Å². The molecule has 2 atom stereocenters. The summed E-state index contributed by atoms with van der Waals surface area (Å²) in [6, 6.07) is 3.91. The molecular weight excluding hydrogens is 264 g/mol. The molecule has 21 heavy (non-hydrogen) atoms. The average molecular weight is 288 g/mol. The van der Waals surface area contributed by atoms with Crippen molar-refractivity contribution in [2.24, 2.45) is 0 Å². The minimum Gasteiger partial charge on any atom is -0.383 e. The second-order valence-corrected chi connectivity index (χ2v) is 5.68. The van der Waals surface area contributed by atoms with E-state index in [4.69, 9.17) is 10.00 Å². The molecule has 1 aromatic heterocycles. The SMILES string of the molecule is CC1CN(CCCCNc2cnccc2C#N)CC(C)O1. The molecule has 1 fully saturated rings. The first-order chi connectivity index (χ1) is 10.2. The third kappa shape index (κ3) is 5.00. The van der Waals surface area contributed by atoms with Crippen molar-refractivity contribution in [2.45, 2.75) is 38.9 Å². The molecule has 1 N–H and O–H groups in total. The van der Waals surface area contributed by atoms with Gasteiger partial charge in [-0.1, -0.05) is 0 Å². The van der Waals surface area contributed by atoms with E-state index in [2.05, 4.69) is 35.1 Å². The molecule has 0 spiro atoms. The lowest BCUT2D eigenvalue weighted by Gasteiger charge is -2.35. The van der Waals surface area contributed by atoms with Gasteiger partial charge < -0.3 is 10.1 Å². The van der Waals surface area contributed by atoms with E-state index in [1.807, 2.05) is 0 Å². The van der Waals surface area contributed by atoms with E-state index >= 15 is 0 Å². The van der Waals surface area contributed by atoms with Crippen molar-refractivity contribution < 1.29 is 4.74 Å². The number of rotatable bonds is 6. The Morgan fingerprint density at radius 2 is 2.14 bits per heavy atom. The van der Waals surface area contributed by atoms with Gasteiger partial charge in [0, 0.05) is 25.8 Å². The molecule has 1 aromatic rings. The number of nitrogens with one attached hydrogen (secondary N) is 1. The van der Waals surface area contributed by atoms with Gasteiger partial charge in [-0.15, -0.1) is 0 Å². The highest BCUT2D eigenvalue weighted by Gasteiger charge is 2.21. The first-order valence-electron chi connectivity index (χ1n) is 7.65. The zero-order valence-electron chi connectivity index (χ0n) is 12.9. The second kappa shape index (κ2) is 7.96. The number of unbranched alkanes of at least 4 members (excludes halogenated alkanes) is 1. The van der Waals surface area contributed by atoms with Gasteiger partial charge in [0.2, 0.25) is 0 Å². The Bertz CT molecular complexity index is 475.